The van der Waals surface area contributed by atoms with Gasteiger partial charge in [-0.2, -0.15) is 0 Å². The lowest BCUT2D eigenvalue weighted by Gasteiger charge is -2.04. The highest BCUT2D eigenvalue weighted by Gasteiger charge is 2.12. The molecule has 2 nitrogen and oxygen atoms in total. The summed E-state index contributed by atoms with van der Waals surface area (Å²) in [7, 11) is 2.01. The van der Waals surface area contributed by atoms with Crippen molar-refractivity contribution in [3.63, 3.8) is 0 Å². The largest absolute Gasteiger partial charge is 0.330 e. The summed E-state index contributed by atoms with van der Waals surface area (Å²) in [6.45, 7) is 4.03. The maximum Gasteiger partial charge on any atom is 0.127 e. The molecular weight excluding hydrogens is 196 g/mol. The molecule has 14 heavy (non-hydrogen) atoms. The molecule has 0 bridgehead atoms. The zero-order chi connectivity index (χ0) is 10.3. The van der Waals surface area contributed by atoms with Crippen LogP contribution in [-0.2, 0) is 7.05 Å². The molecule has 1 aromatic carbocycles. The van der Waals surface area contributed by atoms with Crippen LogP contribution in [0.4, 0.5) is 0 Å². The van der Waals surface area contributed by atoms with E-state index in [2.05, 4.69) is 22.5 Å². The number of nitrogens with zero attached hydrogens (tertiary/aromatic N) is 2. The van der Waals surface area contributed by atoms with E-state index in [1.807, 2.05) is 26.1 Å². The minimum absolute atomic E-state index is 0.0493. The van der Waals surface area contributed by atoms with E-state index < -0.39 is 0 Å². The van der Waals surface area contributed by atoms with Crippen molar-refractivity contribution in [2.45, 2.75) is 19.2 Å². The molecular formula is C11H13ClN2. The average Bonchev–Trinajstić information content (AvgIpc) is 2.45. The van der Waals surface area contributed by atoms with Crippen molar-refractivity contribution in [2.24, 2.45) is 7.05 Å². The molecule has 1 unspecified atom stereocenters. The number of aromatic nitrogens is 2. The maximum atomic E-state index is 6.05. The summed E-state index contributed by atoms with van der Waals surface area (Å²) in [5.41, 5.74) is 3.44. The predicted molar refractivity (Wildman–Crippen MR) is 59.7 cm³/mol. The van der Waals surface area contributed by atoms with E-state index in [4.69, 9.17) is 11.6 Å². The van der Waals surface area contributed by atoms with Gasteiger partial charge >= 0.3 is 0 Å². The van der Waals surface area contributed by atoms with Crippen LogP contribution < -0.4 is 0 Å². The summed E-state index contributed by atoms with van der Waals surface area (Å²) >= 11 is 6.05. The Kier molecular flexibility index (Phi) is 2.23. The summed E-state index contributed by atoms with van der Waals surface area (Å²) in [6, 6.07) is 6.13. The fourth-order valence-corrected chi connectivity index (χ4v) is 2.03. The Bertz CT molecular complexity index is 471. The molecule has 0 amide bonds. The number of fused-ring (bicyclic) bond motifs is 1. The highest BCUT2D eigenvalue weighted by molar-refractivity contribution is 6.20. The molecule has 0 saturated carbocycles. The van der Waals surface area contributed by atoms with Gasteiger partial charge in [-0.15, -0.1) is 11.6 Å². The molecule has 3 heteroatoms. The van der Waals surface area contributed by atoms with Crippen molar-refractivity contribution >= 4 is 22.6 Å². The average molecular weight is 209 g/mol. The molecule has 0 aliphatic carbocycles. The first-order valence-electron chi connectivity index (χ1n) is 4.67. The second-order valence-corrected chi connectivity index (χ2v) is 4.24. The van der Waals surface area contributed by atoms with E-state index in [1.165, 1.54) is 11.1 Å². The number of para-hydroxylation sites is 1. The molecule has 1 atom stereocenters. The van der Waals surface area contributed by atoms with E-state index >= 15 is 0 Å². The van der Waals surface area contributed by atoms with Crippen LogP contribution in [0, 0.1) is 6.92 Å². The van der Waals surface area contributed by atoms with Crippen LogP contribution in [0.25, 0.3) is 11.0 Å². The lowest BCUT2D eigenvalue weighted by molar-refractivity contribution is 0.810. The number of imidazole rings is 1. The Morgan fingerprint density at radius 1 is 1.43 bits per heavy atom. The standard InChI is InChI=1S/C11H13ClN2/c1-7-5-4-6-9-10(7)14(3)11(13-9)8(2)12/h4-6,8H,1-3H3. The highest BCUT2D eigenvalue weighted by atomic mass is 35.5. The molecule has 2 rings (SSSR count). The van der Waals surface area contributed by atoms with E-state index in [0.29, 0.717) is 0 Å². The normalized spacial score (nSPS) is 13.4. The van der Waals surface area contributed by atoms with Crippen molar-refractivity contribution in [1.82, 2.24) is 9.55 Å². The third kappa shape index (κ3) is 1.30. The minimum Gasteiger partial charge on any atom is -0.330 e. The number of benzene rings is 1. The summed E-state index contributed by atoms with van der Waals surface area (Å²) in [4.78, 5) is 4.50. The lowest BCUT2D eigenvalue weighted by Crippen LogP contribution is -1.98. The van der Waals surface area contributed by atoms with Crippen molar-refractivity contribution in [1.29, 1.82) is 0 Å². The highest BCUT2D eigenvalue weighted by Crippen LogP contribution is 2.24. The third-order valence-corrected chi connectivity index (χ3v) is 2.68. The topological polar surface area (TPSA) is 17.8 Å². The Morgan fingerprint density at radius 3 is 2.71 bits per heavy atom. The molecule has 0 saturated heterocycles. The Balaban J connectivity index is 2.81. The summed E-state index contributed by atoms with van der Waals surface area (Å²) < 4.78 is 2.07. The van der Waals surface area contributed by atoms with Gasteiger partial charge in [0, 0.05) is 7.05 Å². The van der Waals surface area contributed by atoms with Crippen molar-refractivity contribution < 1.29 is 0 Å². The Morgan fingerprint density at radius 2 is 2.14 bits per heavy atom. The van der Waals surface area contributed by atoms with E-state index in [-0.39, 0.29) is 5.38 Å². The quantitative estimate of drug-likeness (QED) is 0.659. The van der Waals surface area contributed by atoms with E-state index in [0.717, 1.165) is 11.3 Å². The van der Waals surface area contributed by atoms with Crippen LogP contribution in [0.2, 0.25) is 0 Å². The monoisotopic (exact) mass is 208 g/mol. The van der Waals surface area contributed by atoms with Crippen LogP contribution in [-0.4, -0.2) is 9.55 Å². The fraction of sp³-hybridized carbons (Fsp3) is 0.364. The predicted octanol–water partition coefficient (Wildman–Crippen LogP) is 3.18. The number of rotatable bonds is 1. The smallest absolute Gasteiger partial charge is 0.127 e. The van der Waals surface area contributed by atoms with Crippen molar-refractivity contribution in [3.05, 3.63) is 29.6 Å². The van der Waals surface area contributed by atoms with Gasteiger partial charge in [-0.25, -0.2) is 4.98 Å². The molecule has 0 N–H and O–H groups in total. The molecule has 0 fully saturated rings. The van der Waals surface area contributed by atoms with Gasteiger partial charge in [0.15, 0.2) is 0 Å². The van der Waals surface area contributed by atoms with Crippen molar-refractivity contribution in [2.75, 3.05) is 0 Å². The number of hydrogen-bond donors (Lipinski definition) is 0. The molecule has 2 aromatic rings. The maximum absolute atomic E-state index is 6.05. The summed E-state index contributed by atoms with van der Waals surface area (Å²) in [5, 5.41) is -0.0493. The molecule has 1 heterocycles. The molecule has 74 valence electrons. The summed E-state index contributed by atoms with van der Waals surface area (Å²) in [5.74, 6) is 0.927. The van der Waals surface area contributed by atoms with Crippen LogP contribution in [0.1, 0.15) is 23.7 Å². The first-order valence-corrected chi connectivity index (χ1v) is 5.11. The molecule has 0 aliphatic heterocycles. The number of aryl methyl sites for hydroxylation is 2. The second-order valence-electron chi connectivity index (χ2n) is 3.59. The van der Waals surface area contributed by atoms with Gasteiger partial charge in [0.1, 0.15) is 5.82 Å². The first kappa shape index (κ1) is 9.53. The van der Waals surface area contributed by atoms with Crippen LogP contribution >= 0.6 is 11.6 Å². The molecule has 0 spiro atoms. The summed E-state index contributed by atoms with van der Waals surface area (Å²) in [6.07, 6.45) is 0. The van der Waals surface area contributed by atoms with Crippen LogP contribution in [0.5, 0.6) is 0 Å². The van der Waals surface area contributed by atoms with Gasteiger partial charge in [0.25, 0.3) is 0 Å². The third-order valence-electron chi connectivity index (χ3n) is 2.49. The zero-order valence-corrected chi connectivity index (χ0v) is 9.34. The van der Waals surface area contributed by atoms with Gasteiger partial charge in [0.2, 0.25) is 0 Å². The minimum atomic E-state index is -0.0493. The van der Waals surface area contributed by atoms with Gasteiger partial charge in [0.05, 0.1) is 16.4 Å². The Labute approximate surface area is 88.5 Å². The van der Waals surface area contributed by atoms with Crippen molar-refractivity contribution in [3.8, 4) is 0 Å². The number of hydrogen-bond acceptors (Lipinski definition) is 1. The van der Waals surface area contributed by atoms with Gasteiger partial charge in [-0.05, 0) is 25.5 Å². The molecule has 1 aromatic heterocycles. The lowest BCUT2D eigenvalue weighted by atomic mass is 10.2. The van der Waals surface area contributed by atoms with Gasteiger partial charge in [-0.1, -0.05) is 12.1 Å². The van der Waals surface area contributed by atoms with Crippen LogP contribution in [0.3, 0.4) is 0 Å². The number of alkyl halides is 1. The van der Waals surface area contributed by atoms with Gasteiger partial charge in [-0.3, -0.25) is 0 Å². The zero-order valence-electron chi connectivity index (χ0n) is 8.58. The first-order chi connectivity index (χ1) is 6.61. The fourth-order valence-electron chi connectivity index (χ4n) is 1.84. The molecule has 0 radical (unpaired) electrons. The second kappa shape index (κ2) is 3.28. The van der Waals surface area contributed by atoms with E-state index in [1.54, 1.807) is 0 Å². The SMILES string of the molecule is Cc1cccc2nc(C(C)Cl)n(C)c12. The van der Waals surface area contributed by atoms with Gasteiger partial charge < -0.3 is 4.57 Å². The van der Waals surface area contributed by atoms with Crippen LogP contribution in [0.15, 0.2) is 18.2 Å². The van der Waals surface area contributed by atoms with E-state index in [9.17, 15) is 0 Å². The number of halogens is 1. The Hall–Kier alpha value is -1.02. The molecule has 0 aliphatic rings.